The van der Waals surface area contributed by atoms with Crippen LogP contribution in [-0.2, 0) is 5.33 Å². The van der Waals surface area contributed by atoms with Crippen LogP contribution in [0.1, 0.15) is 5.56 Å². The molecular weight excluding hydrogens is 340 g/mol. The number of fused-ring (bicyclic) bond motifs is 1. The van der Waals surface area contributed by atoms with Crippen molar-refractivity contribution in [1.82, 2.24) is 4.98 Å². The summed E-state index contributed by atoms with van der Waals surface area (Å²) in [4.78, 5) is 4.03. The Labute approximate surface area is 109 Å². The Hall–Kier alpha value is -0.690. The highest BCUT2D eigenvalue weighted by Crippen LogP contribution is 2.30. The Morgan fingerprint density at radius 1 is 1.25 bits per heavy atom. The third-order valence-electron chi connectivity index (χ3n) is 2.27. The lowest BCUT2D eigenvalue weighted by Crippen LogP contribution is -2.12. The molecular formula is C10H8Br2N2O2. The number of hydrogen-bond acceptors (Lipinski definition) is 4. The fourth-order valence-corrected chi connectivity index (χ4v) is 2.42. The lowest BCUT2D eigenvalue weighted by Gasteiger charge is -2.13. The van der Waals surface area contributed by atoms with Gasteiger partial charge in [-0.3, -0.25) is 15.4 Å². The second-order valence-corrected chi connectivity index (χ2v) is 4.66. The van der Waals surface area contributed by atoms with Crippen molar-refractivity contribution in [3.8, 4) is 0 Å². The Kier molecular flexibility index (Phi) is 3.44. The van der Waals surface area contributed by atoms with Gasteiger partial charge in [0.05, 0.1) is 5.69 Å². The molecule has 0 bridgehead atoms. The molecule has 0 atom stereocenters. The van der Waals surface area contributed by atoms with Gasteiger partial charge in [-0.15, -0.1) is 5.23 Å². The number of nitrogens with zero attached hydrogens (tertiary/aromatic N) is 2. The second kappa shape index (κ2) is 4.67. The monoisotopic (exact) mass is 346 g/mol. The van der Waals surface area contributed by atoms with Crippen LogP contribution in [0.25, 0.3) is 10.8 Å². The van der Waals surface area contributed by atoms with Crippen molar-refractivity contribution < 1.29 is 10.4 Å². The average Bonchev–Trinajstić information content (AvgIpc) is 2.28. The first-order valence-electron chi connectivity index (χ1n) is 4.43. The van der Waals surface area contributed by atoms with Crippen LogP contribution in [0.2, 0.25) is 0 Å². The van der Waals surface area contributed by atoms with Gasteiger partial charge in [0.1, 0.15) is 0 Å². The van der Waals surface area contributed by atoms with Crippen molar-refractivity contribution in [1.29, 1.82) is 0 Å². The molecule has 0 fully saturated rings. The summed E-state index contributed by atoms with van der Waals surface area (Å²) in [6, 6.07) is 3.55. The van der Waals surface area contributed by atoms with Crippen LogP contribution in [0.4, 0.5) is 5.69 Å². The Morgan fingerprint density at radius 2 is 2.00 bits per heavy atom. The summed E-state index contributed by atoms with van der Waals surface area (Å²) < 4.78 is 0.876. The summed E-state index contributed by atoms with van der Waals surface area (Å²) in [6.07, 6.45) is 3.38. The summed E-state index contributed by atoms with van der Waals surface area (Å²) in [5.74, 6) is 0. The van der Waals surface area contributed by atoms with Crippen LogP contribution < -0.4 is 5.23 Å². The molecule has 0 unspecified atom stereocenters. The van der Waals surface area contributed by atoms with Gasteiger partial charge in [0.15, 0.2) is 0 Å². The average molecular weight is 348 g/mol. The number of anilines is 1. The molecule has 2 N–H and O–H groups in total. The van der Waals surface area contributed by atoms with Gasteiger partial charge >= 0.3 is 0 Å². The SMILES string of the molecule is ON(O)c1cc2cncc(Br)c2cc1CBr. The highest BCUT2D eigenvalue weighted by Gasteiger charge is 2.10. The van der Waals surface area contributed by atoms with Crippen LogP contribution >= 0.6 is 31.9 Å². The second-order valence-electron chi connectivity index (χ2n) is 3.25. The first-order valence-corrected chi connectivity index (χ1v) is 6.35. The molecule has 0 aliphatic carbocycles. The largest absolute Gasteiger partial charge is 0.264 e. The van der Waals surface area contributed by atoms with E-state index in [0.717, 1.165) is 20.8 Å². The van der Waals surface area contributed by atoms with E-state index in [9.17, 15) is 0 Å². The number of rotatable bonds is 2. The molecule has 84 valence electrons. The van der Waals surface area contributed by atoms with Crippen LogP contribution in [0.5, 0.6) is 0 Å². The molecule has 0 aliphatic heterocycles. The van der Waals surface area contributed by atoms with Crippen molar-refractivity contribution in [3.63, 3.8) is 0 Å². The zero-order chi connectivity index (χ0) is 11.7. The topological polar surface area (TPSA) is 56.6 Å². The van der Waals surface area contributed by atoms with Crippen molar-refractivity contribution in [2.24, 2.45) is 0 Å². The molecule has 0 saturated heterocycles. The van der Waals surface area contributed by atoms with Crippen molar-refractivity contribution in [2.75, 3.05) is 5.23 Å². The van der Waals surface area contributed by atoms with E-state index in [0.29, 0.717) is 11.0 Å². The van der Waals surface area contributed by atoms with E-state index >= 15 is 0 Å². The van der Waals surface area contributed by atoms with Crippen LogP contribution in [0.15, 0.2) is 29.0 Å². The number of hydrogen-bond donors (Lipinski definition) is 2. The highest BCUT2D eigenvalue weighted by atomic mass is 79.9. The first-order chi connectivity index (χ1) is 7.63. The third-order valence-corrected chi connectivity index (χ3v) is 3.51. The quantitative estimate of drug-likeness (QED) is 0.645. The fraction of sp³-hybridized carbons (Fsp3) is 0.100. The van der Waals surface area contributed by atoms with E-state index in [1.165, 1.54) is 0 Å². The van der Waals surface area contributed by atoms with E-state index in [1.54, 1.807) is 18.5 Å². The highest BCUT2D eigenvalue weighted by molar-refractivity contribution is 9.10. The number of alkyl halides is 1. The first kappa shape index (κ1) is 11.8. The summed E-state index contributed by atoms with van der Waals surface area (Å²) in [7, 11) is 0. The van der Waals surface area contributed by atoms with E-state index in [2.05, 4.69) is 36.8 Å². The maximum Gasteiger partial charge on any atom is 0.0990 e. The number of pyridine rings is 1. The smallest absolute Gasteiger partial charge is 0.0990 e. The molecule has 6 heteroatoms. The molecule has 2 rings (SSSR count). The molecule has 1 aromatic carbocycles. The van der Waals surface area contributed by atoms with Crippen LogP contribution in [0.3, 0.4) is 0 Å². The van der Waals surface area contributed by atoms with Gasteiger partial charge in [0, 0.05) is 27.6 Å². The molecule has 0 amide bonds. The lowest BCUT2D eigenvalue weighted by molar-refractivity contribution is 0.0289. The maximum absolute atomic E-state index is 9.10. The Bertz CT molecular complexity index is 531. The van der Waals surface area contributed by atoms with E-state index < -0.39 is 0 Å². The summed E-state index contributed by atoms with van der Waals surface area (Å²) in [6.45, 7) is 0. The minimum atomic E-state index is 0.122. The zero-order valence-electron chi connectivity index (χ0n) is 8.06. The molecule has 1 heterocycles. The summed E-state index contributed by atoms with van der Waals surface area (Å²) >= 11 is 6.71. The van der Waals surface area contributed by atoms with Crippen LogP contribution in [0, 0.1) is 0 Å². The molecule has 16 heavy (non-hydrogen) atoms. The number of aromatic nitrogens is 1. The predicted octanol–water partition coefficient (Wildman–Crippen LogP) is 3.48. The van der Waals surface area contributed by atoms with Gasteiger partial charge in [0.25, 0.3) is 0 Å². The van der Waals surface area contributed by atoms with Crippen molar-refractivity contribution in [3.05, 3.63) is 34.6 Å². The molecule has 4 nitrogen and oxygen atoms in total. The maximum atomic E-state index is 9.10. The summed E-state index contributed by atoms with van der Waals surface area (Å²) in [5, 5.41) is 20.7. The normalized spacial score (nSPS) is 10.8. The minimum Gasteiger partial charge on any atom is -0.264 e. The fourth-order valence-electron chi connectivity index (χ4n) is 1.51. The lowest BCUT2D eigenvalue weighted by atomic mass is 10.1. The zero-order valence-corrected chi connectivity index (χ0v) is 11.2. The number of benzene rings is 1. The predicted molar refractivity (Wildman–Crippen MR) is 68.1 cm³/mol. The van der Waals surface area contributed by atoms with Gasteiger partial charge in [-0.2, -0.15) is 0 Å². The minimum absolute atomic E-state index is 0.122. The molecule has 2 aromatic rings. The Balaban J connectivity index is 2.75. The number of halogens is 2. The van der Waals surface area contributed by atoms with Gasteiger partial charge < -0.3 is 0 Å². The summed E-state index contributed by atoms with van der Waals surface area (Å²) in [5.41, 5.74) is 1.12. The van der Waals surface area contributed by atoms with Gasteiger partial charge in [0.2, 0.25) is 0 Å². The van der Waals surface area contributed by atoms with Crippen LogP contribution in [-0.4, -0.2) is 15.4 Å². The van der Waals surface area contributed by atoms with Crippen molar-refractivity contribution in [2.45, 2.75) is 5.33 Å². The standard InChI is InChI=1S/C10H8Br2N2O2/c11-3-6-1-8-7(2-10(6)14(15)16)4-13-5-9(8)12/h1-2,4-5,15-16H,3H2. The van der Waals surface area contributed by atoms with Gasteiger partial charge in [-0.1, -0.05) is 15.9 Å². The molecule has 1 aromatic heterocycles. The molecule has 0 spiro atoms. The third kappa shape index (κ3) is 2.06. The van der Waals surface area contributed by atoms with Gasteiger partial charge in [-0.25, -0.2) is 0 Å². The Morgan fingerprint density at radius 3 is 2.62 bits per heavy atom. The van der Waals surface area contributed by atoms with Gasteiger partial charge in [-0.05, 0) is 39.0 Å². The van der Waals surface area contributed by atoms with E-state index in [4.69, 9.17) is 10.4 Å². The van der Waals surface area contributed by atoms with E-state index in [1.807, 2.05) is 6.07 Å². The van der Waals surface area contributed by atoms with E-state index in [-0.39, 0.29) is 5.23 Å². The molecule has 0 saturated carbocycles. The molecule has 0 radical (unpaired) electrons. The van der Waals surface area contributed by atoms with Crippen molar-refractivity contribution >= 4 is 48.3 Å². The molecule has 0 aliphatic rings.